The van der Waals surface area contributed by atoms with E-state index in [4.69, 9.17) is 4.98 Å². The van der Waals surface area contributed by atoms with Crippen molar-refractivity contribution in [3.8, 4) is 10.6 Å². The molecular formula is C43H24N2S4. The topological polar surface area (TPSA) is 16.1 Å². The van der Waals surface area contributed by atoms with E-state index in [0.717, 1.165) is 33.1 Å². The van der Waals surface area contributed by atoms with Gasteiger partial charge < -0.3 is 4.90 Å². The number of hydrogen-bond acceptors (Lipinski definition) is 6. The minimum absolute atomic E-state index is 1.03. The third-order valence-electron chi connectivity index (χ3n) is 9.49. The van der Waals surface area contributed by atoms with Crippen LogP contribution in [0.3, 0.4) is 0 Å². The molecule has 0 radical (unpaired) electrons. The Kier molecular flexibility index (Phi) is 6.07. The van der Waals surface area contributed by atoms with Gasteiger partial charge in [0.1, 0.15) is 10.5 Å². The van der Waals surface area contributed by atoms with Gasteiger partial charge in [-0.2, -0.15) is 0 Å². The lowest BCUT2D eigenvalue weighted by Gasteiger charge is -2.26. The highest BCUT2D eigenvalue weighted by molar-refractivity contribution is 7.28. The van der Waals surface area contributed by atoms with Crippen molar-refractivity contribution in [1.82, 2.24) is 4.98 Å². The van der Waals surface area contributed by atoms with Crippen molar-refractivity contribution in [2.45, 2.75) is 0 Å². The Morgan fingerprint density at radius 1 is 0.408 bits per heavy atom. The predicted molar refractivity (Wildman–Crippen MR) is 218 cm³/mol. The maximum Gasteiger partial charge on any atom is 0.124 e. The van der Waals surface area contributed by atoms with Crippen LogP contribution >= 0.6 is 45.3 Å². The molecule has 0 saturated carbocycles. The third-order valence-corrected chi connectivity index (χ3v) is 14.0. The average Bonchev–Trinajstić information content (AvgIpc) is 3.93. The Morgan fingerprint density at radius 3 is 1.55 bits per heavy atom. The molecule has 0 N–H and O–H groups in total. The molecule has 0 aliphatic rings. The molecule has 4 heterocycles. The molecule has 11 rings (SSSR count). The number of thiophene rings is 3. The minimum Gasteiger partial charge on any atom is -0.308 e. The van der Waals surface area contributed by atoms with E-state index in [9.17, 15) is 0 Å². The normalized spacial score (nSPS) is 12.1. The molecule has 6 heteroatoms. The Hall–Kier alpha value is -5.11. The molecule has 0 bridgehead atoms. The predicted octanol–water partition coefficient (Wildman–Crippen LogP) is 14.5. The molecule has 0 spiro atoms. The Bertz CT molecular complexity index is 2960. The van der Waals surface area contributed by atoms with Gasteiger partial charge >= 0.3 is 0 Å². The lowest BCUT2D eigenvalue weighted by atomic mass is 10.1. The number of aromatic nitrogens is 1. The molecular weight excluding hydrogens is 673 g/mol. The largest absolute Gasteiger partial charge is 0.308 e. The van der Waals surface area contributed by atoms with Crippen molar-refractivity contribution in [1.29, 1.82) is 0 Å². The number of fused-ring (bicyclic) bond motifs is 11. The molecule has 0 fully saturated rings. The van der Waals surface area contributed by atoms with E-state index in [1.54, 1.807) is 11.3 Å². The molecule has 0 saturated heterocycles. The first-order valence-corrected chi connectivity index (χ1v) is 19.5. The molecule has 0 aliphatic heterocycles. The van der Waals surface area contributed by atoms with E-state index < -0.39 is 0 Å². The Morgan fingerprint density at radius 2 is 0.918 bits per heavy atom. The Balaban J connectivity index is 1.25. The summed E-state index contributed by atoms with van der Waals surface area (Å²) in [6.07, 6.45) is 0. The standard InChI is InChI=1S/C43H24N2S4/c1-2-10-25(11-3-1)43-44-41-33(24-39-40(42(41)49-43)30-14-6-9-17-36(30)48-39)45(26-18-20-37-31(22-26)28-12-4-7-15-34(28)46-37)27-19-21-38-32(23-27)29-13-5-8-16-35(29)47-38/h1-24H. The summed E-state index contributed by atoms with van der Waals surface area (Å²) in [6, 6.07) is 53.3. The maximum atomic E-state index is 5.48. The van der Waals surface area contributed by atoms with Gasteiger partial charge in [-0.1, -0.05) is 84.9 Å². The molecule has 0 unspecified atom stereocenters. The van der Waals surface area contributed by atoms with Gasteiger partial charge in [-0.15, -0.1) is 45.3 Å². The summed E-state index contributed by atoms with van der Waals surface area (Å²) < 4.78 is 9.04. The zero-order valence-corrected chi connectivity index (χ0v) is 29.1. The van der Waals surface area contributed by atoms with Crippen LogP contribution in [0.4, 0.5) is 17.1 Å². The second-order valence-corrected chi connectivity index (χ2v) is 16.6. The number of nitrogens with zero attached hydrogens (tertiary/aromatic N) is 2. The van der Waals surface area contributed by atoms with Gasteiger partial charge in [-0.05, 0) is 60.7 Å². The van der Waals surface area contributed by atoms with Crippen LogP contribution in [-0.2, 0) is 0 Å². The van der Waals surface area contributed by atoms with Gasteiger partial charge in [-0.25, -0.2) is 4.98 Å². The second-order valence-electron chi connectivity index (χ2n) is 12.3. The number of anilines is 3. The summed E-state index contributed by atoms with van der Waals surface area (Å²) in [4.78, 5) is 7.94. The van der Waals surface area contributed by atoms with E-state index in [0.29, 0.717) is 0 Å². The van der Waals surface area contributed by atoms with Crippen LogP contribution < -0.4 is 4.90 Å². The molecule has 0 amide bonds. The van der Waals surface area contributed by atoms with Crippen LogP contribution in [0.15, 0.2) is 146 Å². The highest BCUT2D eigenvalue weighted by atomic mass is 32.1. The van der Waals surface area contributed by atoms with E-state index in [-0.39, 0.29) is 0 Å². The molecule has 4 aromatic heterocycles. The summed E-state index contributed by atoms with van der Waals surface area (Å²) in [7, 11) is 0. The third kappa shape index (κ3) is 4.25. The van der Waals surface area contributed by atoms with Crippen LogP contribution in [0, 0.1) is 0 Å². The van der Waals surface area contributed by atoms with Crippen molar-refractivity contribution < 1.29 is 0 Å². The second kappa shape index (κ2) is 10.7. The van der Waals surface area contributed by atoms with E-state index in [2.05, 4.69) is 150 Å². The number of benzene rings is 7. The fourth-order valence-corrected chi connectivity index (χ4v) is 11.8. The van der Waals surface area contributed by atoms with Gasteiger partial charge in [0.25, 0.3) is 0 Å². The maximum absolute atomic E-state index is 5.48. The van der Waals surface area contributed by atoms with Crippen LogP contribution in [0.5, 0.6) is 0 Å². The van der Waals surface area contributed by atoms with Crippen molar-refractivity contribution in [2.75, 3.05) is 4.90 Å². The first-order valence-electron chi connectivity index (χ1n) is 16.2. The smallest absolute Gasteiger partial charge is 0.124 e. The monoisotopic (exact) mass is 696 g/mol. The zero-order chi connectivity index (χ0) is 32.1. The number of rotatable bonds is 4. The van der Waals surface area contributed by atoms with Crippen molar-refractivity contribution in [3.63, 3.8) is 0 Å². The quantitative estimate of drug-likeness (QED) is 0.182. The van der Waals surface area contributed by atoms with Crippen molar-refractivity contribution in [2.24, 2.45) is 0 Å². The van der Waals surface area contributed by atoms with Gasteiger partial charge in [0, 0.05) is 77.5 Å². The fourth-order valence-electron chi connectivity index (χ4n) is 7.26. The molecule has 2 nitrogen and oxygen atoms in total. The molecule has 7 aromatic carbocycles. The van der Waals surface area contributed by atoms with E-state index >= 15 is 0 Å². The summed E-state index contributed by atoms with van der Waals surface area (Å²) in [5.41, 5.74) is 5.54. The van der Waals surface area contributed by atoms with Gasteiger partial charge in [0.05, 0.1) is 10.4 Å². The molecule has 0 atom stereocenters. The summed E-state index contributed by atoms with van der Waals surface area (Å²) in [5.74, 6) is 0. The molecule has 230 valence electrons. The van der Waals surface area contributed by atoms with Gasteiger partial charge in [-0.3, -0.25) is 0 Å². The highest BCUT2D eigenvalue weighted by Gasteiger charge is 2.24. The van der Waals surface area contributed by atoms with Crippen LogP contribution in [0.1, 0.15) is 0 Å². The summed E-state index contributed by atoms with van der Waals surface area (Å²) >= 11 is 7.40. The molecule has 0 aliphatic carbocycles. The van der Waals surface area contributed by atoms with Gasteiger partial charge in [0.15, 0.2) is 0 Å². The summed E-state index contributed by atoms with van der Waals surface area (Å²) in [5, 5.41) is 8.81. The van der Waals surface area contributed by atoms with Crippen LogP contribution in [0.25, 0.3) is 81.3 Å². The molecule has 11 aromatic rings. The number of hydrogen-bond donors (Lipinski definition) is 0. The summed E-state index contributed by atoms with van der Waals surface area (Å²) in [6.45, 7) is 0. The fraction of sp³-hybridized carbons (Fsp3) is 0. The number of thiazole rings is 1. The van der Waals surface area contributed by atoms with Crippen molar-refractivity contribution >= 4 is 133 Å². The van der Waals surface area contributed by atoms with Gasteiger partial charge in [0.2, 0.25) is 0 Å². The minimum atomic E-state index is 1.03. The molecule has 49 heavy (non-hydrogen) atoms. The lowest BCUT2D eigenvalue weighted by Crippen LogP contribution is -2.10. The Labute approximate surface area is 297 Å². The van der Waals surface area contributed by atoms with E-state index in [1.165, 1.54) is 65.2 Å². The van der Waals surface area contributed by atoms with Crippen LogP contribution in [0.2, 0.25) is 0 Å². The average molecular weight is 697 g/mol. The highest BCUT2D eigenvalue weighted by Crippen LogP contribution is 2.50. The van der Waals surface area contributed by atoms with Crippen LogP contribution in [-0.4, -0.2) is 4.98 Å². The SMILES string of the molecule is c1ccc(-c2nc3c(N(c4ccc5sc6ccccc6c5c4)c4ccc5sc6ccccc6c5c4)cc4sc5ccccc5c4c3s2)cc1. The van der Waals surface area contributed by atoms with E-state index in [1.807, 2.05) is 34.0 Å². The first kappa shape index (κ1) is 27.8. The zero-order valence-electron chi connectivity index (χ0n) is 25.9. The van der Waals surface area contributed by atoms with Crippen molar-refractivity contribution in [3.05, 3.63) is 146 Å². The lowest BCUT2D eigenvalue weighted by molar-refractivity contribution is 1.30. The first-order chi connectivity index (χ1) is 24.3.